The highest BCUT2D eigenvalue weighted by Gasteiger charge is 2.29. The van der Waals surface area contributed by atoms with Crippen LogP contribution < -0.4 is 0 Å². The normalized spacial score (nSPS) is 17.8. The molecule has 1 N–H and O–H groups in total. The number of nitrogens with zero attached hydrogens (tertiary/aromatic N) is 2. The Labute approximate surface area is 119 Å². The van der Waals surface area contributed by atoms with Gasteiger partial charge in [0.1, 0.15) is 11.6 Å². The number of hydrogen-bond donors (Lipinski definition) is 1. The predicted molar refractivity (Wildman–Crippen MR) is 72.1 cm³/mol. The second kappa shape index (κ2) is 4.90. The number of carbonyl (C=O) groups is 1. The van der Waals surface area contributed by atoms with E-state index < -0.39 is 17.7 Å². The SMILES string of the molecule is O=C(O)C1CCc2c(Cl)nc(-c3ccccc3F)n2C1. The molecule has 1 aromatic heterocycles. The van der Waals surface area contributed by atoms with Crippen LogP contribution in [0.3, 0.4) is 0 Å². The second-order valence-electron chi connectivity index (χ2n) is 4.84. The van der Waals surface area contributed by atoms with Gasteiger partial charge in [-0.1, -0.05) is 23.7 Å². The van der Waals surface area contributed by atoms with Gasteiger partial charge in [-0.15, -0.1) is 0 Å². The van der Waals surface area contributed by atoms with E-state index in [1.165, 1.54) is 6.07 Å². The second-order valence-corrected chi connectivity index (χ2v) is 5.20. The van der Waals surface area contributed by atoms with Gasteiger partial charge < -0.3 is 9.67 Å². The third kappa shape index (κ3) is 2.08. The number of carboxylic acid groups (broad SMARTS) is 1. The van der Waals surface area contributed by atoms with Crippen LogP contribution >= 0.6 is 11.6 Å². The van der Waals surface area contributed by atoms with Crippen LogP contribution in [0.2, 0.25) is 5.15 Å². The molecule has 1 atom stereocenters. The summed E-state index contributed by atoms with van der Waals surface area (Å²) in [5.74, 6) is -1.33. The molecule has 0 bridgehead atoms. The molecule has 20 heavy (non-hydrogen) atoms. The number of imidazole rings is 1. The van der Waals surface area contributed by atoms with Crippen molar-refractivity contribution >= 4 is 17.6 Å². The molecule has 0 saturated heterocycles. The number of aliphatic carboxylic acids is 1. The minimum atomic E-state index is -0.847. The first kappa shape index (κ1) is 13.1. The van der Waals surface area contributed by atoms with Crippen molar-refractivity contribution in [2.75, 3.05) is 0 Å². The summed E-state index contributed by atoms with van der Waals surface area (Å²) in [6.45, 7) is 0.272. The van der Waals surface area contributed by atoms with Crippen molar-refractivity contribution in [3.8, 4) is 11.4 Å². The van der Waals surface area contributed by atoms with Crippen LogP contribution in [-0.4, -0.2) is 20.6 Å². The quantitative estimate of drug-likeness (QED) is 0.926. The van der Waals surface area contributed by atoms with Crippen molar-refractivity contribution in [1.29, 1.82) is 0 Å². The molecule has 0 saturated carbocycles. The molecule has 1 aliphatic rings. The monoisotopic (exact) mass is 294 g/mol. The van der Waals surface area contributed by atoms with E-state index in [2.05, 4.69) is 4.98 Å². The van der Waals surface area contributed by atoms with Crippen molar-refractivity contribution in [2.45, 2.75) is 19.4 Å². The highest BCUT2D eigenvalue weighted by molar-refractivity contribution is 6.30. The number of aromatic nitrogens is 2. The first-order chi connectivity index (χ1) is 9.58. The van der Waals surface area contributed by atoms with Gasteiger partial charge in [0, 0.05) is 6.54 Å². The van der Waals surface area contributed by atoms with E-state index in [9.17, 15) is 9.18 Å². The molecule has 1 aliphatic heterocycles. The Kier molecular flexibility index (Phi) is 3.22. The molecule has 0 spiro atoms. The highest BCUT2D eigenvalue weighted by Crippen LogP contribution is 2.32. The van der Waals surface area contributed by atoms with E-state index in [1.54, 1.807) is 22.8 Å². The molecule has 104 valence electrons. The third-order valence-electron chi connectivity index (χ3n) is 3.62. The predicted octanol–water partition coefficient (Wildman–Crippen LogP) is 2.99. The number of rotatable bonds is 2. The lowest BCUT2D eigenvalue weighted by Gasteiger charge is -2.22. The zero-order valence-corrected chi connectivity index (χ0v) is 11.3. The Balaban J connectivity index is 2.11. The number of fused-ring (bicyclic) bond motifs is 1. The van der Waals surface area contributed by atoms with E-state index >= 15 is 0 Å². The summed E-state index contributed by atoms with van der Waals surface area (Å²) in [6.07, 6.45) is 1.06. The topological polar surface area (TPSA) is 55.1 Å². The van der Waals surface area contributed by atoms with E-state index in [1.807, 2.05) is 0 Å². The molecule has 0 aliphatic carbocycles. The number of carboxylic acids is 1. The Morgan fingerprint density at radius 2 is 2.20 bits per heavy atom. The Morgan fingerprint density at radius 3 is 2.90 bits per heavy atom. The lowest BCUT2D eigenvalue weighted by atomic mass is 9.98. The van der Waals surface area contributed by atoms with Crippen molar-refractivity contribution in [3.63, 3.8) is 0 Å². The third-order valence-corrected chi connectivity index (χ3v) is 3.92. The zero-order valence-electron chi connectivity index (χ0n) is 10.5. The molecule has 0 fully saturated rings. The summed E-state index contributed by atoms with van der Waals surface area (Å²) in [5.41, 5.74) is 1.12. The number of halogens is 2. The molecule has 0 amide bonds. The molecular formula is C14H12ClFN2O2. The molecule has 0 radical (unpaired) electrons. The summed E-state index contributed by atoms with van der Waals surface area (Å²) in [4.78, 5) is 15.4. The van der Waals surface area contributed by atoms with Gasteiger partial charge in [0.2, 0.25) is 0 Å². The van der Waals surface area contributed by atoms with Crippen molar-refractivity contribution < 1.29 is 14.3 Å². The van der Waals surface area contributed by atoms with Crippen molar-refractivity contribution in [2.24, 2.45) is 5.92 Å². The van der Waals surface area contributed by atoms with Gasteiger partial charge in [-0.2, -0.15) is 0 Å². The maximum absolute atomic E-state index is 13.9. The Bertz CT molecular complexity index is 684. The van der Waals surface area contributed by atoms with E-state index in [4.69, 9.17) is 16.7 Å². The molecule has 1 unspecified atom stereocenters. The van der Waals surface area contributed by atoms with E-state index in [0.717, 1.165) is 5.69 Å². The molecule has 2 aromatic rings. The van der Waals surface area contributed by atoms with Crippen LogP contribution in [0.15, 0.2) is 24.3 Å². The largest absolute Gasteiger partial charge is 0.481 e. The maximum Gasteiger partial charge on any atom is 0.308 e. The maximum atomic E-state index is 13.9. The minimum Gasteiger partial charge on any atom is -0.481 e. The molecular weight excluding hydrogens is 283 g/mol. The van der Waals surface area contributed by atoms with Gasteiger partial charge in [-0.05, 0) is 25.0 Å². The van der Waals surface area contributed by atoms with Crippen LogP contribution in [0.25, 0.3) is 11.4 Å². The molecule has 3 rings (SSSR count). The highest BCUT2D eigenvalue weighted by atomic mass is 35.5. The van der Waals surface area contributed by atoms with Gasteiger partial charge >= 0.3 is 5.97 Å². The molecule has 4 nitrogen and oxygen atoms in total. The first-order valence-corrected chi connectivity index (χ1v) is 6.68. The van der Waals surface area contributed by atoms with Gasteiger partial charge in [0.25, 0.3) is 0 Å². The Morgan fingerprint density at radius 1 is 1.45 bits per heavy atom. The smallest absolute Gasteiger partial charge is 0.308 e. The van der Waals surface area contributed by atoms with Crippen LogP contribution in [0, 0.1) is 11.7 Å². The number of benzene rings is 1. The summed E-state index contributed by atoms with van der Waals surface area (Å²) in [7, 11) is 0. The van der Waals surface area contributed by atoms with Gasteiger partial charge in [0.15, 0.2) is 5.15 Å². The van der Waals surface area contributed by atoms with E-state index in [0.29, 0.717) is 29.4 Å². The van der Waals surface area contributed by atoms with Crippen LogP contribution in [0.5, 0.6) is 0 Å². The average molecular weight is 295 g/mol. The van der Waals surface area contributed by atoms with Crippen molar-refractivity contribution in [1.82, 2.24) is 9.55 Å². The van der Waals surface area contributed by atoms with E-state index in [-0.39, 0.29) is 6.54 Å². The first-order valence-electron chi connectivity index (χ1n) is 6.30. The fourth-order valence-corrected chi connectivity index (χ4v) is 2.84. The van der Waals surface area contributed by atoms with Crippen molar-refractivity contribution in [3.05, 3.63) is 40.9 Å². The minimum absolute atomic E-state index is 0.272. The fraction of sp³-hybridized carbons (Fsp3) is 0.286. The summed E-state index contributed by atoms with van der Waals surface area (Å²) < 4.78 is 15.6. The lowest BCUT2D eigenvalue weighted by molar-refractivity contribution is -0.142. The summed E-state index contributed by atoms with van der Waals surface area (Å²) >= 11 is 6.09. The number of hydrogen-bond acceptors (Lipinski definition) is 2. The van der Waals surface area contributed by atoms with Gasteiger partial charge in [-0.25, -0.2) is 9.37 Å². The summed E-state index contributed by atoms with van der Waals surface area (Å²) in [6, 6.07) is 6.28. The van der Waals surface area contributed by atoms with Gasteiger partial charge in [-0.3, -0.25) is 4.79 Å². The standard InChI is InChI=1S/C14H12ClFN2O2/c15-12-11-6-5-8(14(19)20)7-18(11)13(17-12)9-3-1-2-4-10(9)16/h1-4,8H,5-7H2,(H,19,20). The molecule has 2 heterocycles. The van der Waals surface area contributed by atoms with Crippen LogP contribution in [-0.2, 0) is 17.8 Å². The molecule has 1 aromatic carbocycles. The van der Waals surface area contributed by atoms with Gasteiger partial charge in [0.05, 0.1) is 17.2 Å². The average Bonchev–Trinajstić information content (AvgIpc) is 2.76. The summed E-state index contributed by atoms with van der Waals surface area (Å²) in [5, 5.41) is 9.47. The fourth-order valence-electron chi connectivity index (χ4n) is 2.56. The Hall–Kier alpha value is -1.88. The van der Waals surface area contributed by atoms with Crippen LogP contribution in [0.4, 0.5) is 4.39 Å². The van der Waals surface area contributed by atoms with Crippen LogP contribution in [0.1, 0.15) is 12.1 Å². The zero-order chi connectivity index (χ0) is 14.3. The lowest BCUT2D eigenvalue weighted by Crippen LogP contribution is -2.26. The molecule has 6 heteroatoms.